The molecule has 0 radical (unpaired) electrons. The molecular formula is C14H23F3N2O2. The predicted molar refractivity (Wildman–Crippen MR) is 71.6 cm³/mol. The molecule has 7 heteroatoms. The van der Waals surface area contributed by atoms with Crippen molar-refractivity contribution in [1.82, 2.24) is 9.80 Å². The molecule has 1 N–H and O–H groups in total. The van der Waals surface area contributed by atoms with Gasteiger partial charge < -0.3 is 10.0 Å². The largest absolute Gasteiger partial charge is 0.414 e. The lowest BCUT2D eigenvalue weighted by molar-refractivity contribution is -0.223. The molecule has 0 spiro atoms. The van der Waals surface area contributed by atoms with E-state index in [9.17, 15) is 23.1 Å². The first kappa shape index (κ1) is 16.5. The molecule has 1 aliphatic heterocycles. The normalized spacial score (nSPS) is 23.1. The predicted octanol–water partition coefficient (Wildman–Crippen LogP) is 1.49. The van der Waals surface area contributed by atoms with Gasteiger partial charge in [0.15, 0.2) is 6.10 Å². The first-order valence-corrected chi connectivity index (χ1v) is 7.48. The molecule has 0 aromatic carbocycles. The van der Waals surface area contributed by atoms with Gasteiger partial charge in [-0.25, -0.2) is 0 Å². The minimum Gasteiger partial charge on any atom is -0.383 e. The molecule has 21 heavy (non-hydrogen) atoms. The number of aliphatic hydroxyl groups is 1. The summed E-state index contributed by atoms with van der Waals surface area (Å²) >= 11 is 0. The Morgan fingerprint density at radius 1 is 1.29 bits per heavy atom. The number of likely N-dealkylation sites (tertiary alicyclic amines) is 1. The van der Waals surface area contributed by atoms with Gasteiger partial charge in [-0.2, -0.15) is 13.2 Å². The van der Waals surface area contributed by atoms with E-state index in [2.05, 4.69) is 0 Å². The highest BCUT2D eigenvalue weighted by molar-refractivity contribution is 5.78. The monoisotopic (exact) mass is 308 g/mol. The molecule has 1 heterocycles. The van der Waals surface area contributed by atoms with E-state index in [-0.39, 0.29) is 25.3 Å². The summed E-state index contributed by atoms with van der Waals surface area (Å²) in [6.07, 6.45) is -3.88. The number of rotatable bonds is 5. The summed E-state index contributed by atoms with van der Waals surface area (Å²) in [4.78, 5) is 15.6. The van der Waals surface area contributed by atoms with Crippen LogP contribution in [-0.4, -0.2) is 66.3 Å². The smallest absolute Gasteiger partial charge is 0.383 e. The summed E-state index contributed by atoms with van der Waals surface area (Å²) in [7, 11) is 1.78. The molecule has 2 aliphatic rings. The van der Waals surface area contributed by atoms with Gasteiger partial charge in [-0.05, 0) is 50.6 Å². The number of aliphatic hydroxyl groups excluding tert-OH is 1. The molecule has 1 atom stereocenters. The zero-order valence-corrected chi connectivity index (χ0v) is 12.3. The molecule has 4 nitrogen and oxygen atoms in total. The molecule has 0 aromatic heterocycles. The molecule has 122 valence electrons. The Morgan fingerprint density at radius 3 is 2.33 bits per heavy atom. The Labute approximate surface area is 122 Å². The van der Waals surface area contributed by atoms with Crippen LogP contribution >= 0.6 is 0 Å². The number of carbonyl (C=O) groups excluding carboxylic acids is 1. The number of likely N-dealkylation sites (N-methyl/N-ethyl adjacent to an activating group) is 1. The molecule has 1 unspecified atom stereocenters. The van der Waals surface area contributed by atoms with Gasteiger partial charge in [0.2, 0.25) is 5.91 Å². The lowest BCUT2D eigenvalue weighted by Crippen LogP contribution is -2.46. The molecule has 1 saturated heterocycles. The Hall–Kier alpha value is -0.820. The highest BCUT2D eigenvalue weighted by Gasteiger charge is 2.44. The van der Waals surface area contributed by atoms with E-state index in [1.165, 1.54) is 12.8 Å². The second-order valence-electron chi connectivity index (χ2n) is 6.32. The number of amides is 1. The molecule has 1 amide bonds. The number of hydrogen-bond donors (Lipinski definition) is 1. The SMILES string of the molecule is CN(CC1CC1)C(=O)CN1CCC(C(O)C(F)(F)F)CC1. The Balaban J connectivity index is 1.72. The molecule has 2 rings (SSSR count). The Kier molecular flexibility index (Phi) is 5.14. The van der Waals surface area contributed by atoms with Crippen molar-refractivity contribution < 1.29 is 23.1 Å². The summed E-state index contributed by atoms with van der Waals surface area (Å²) in [6, 6.07) is 0. The number of carbonyl (C=O) groups is 1. The van der Waals surface area contributed by atoms with Gasteiger partial charge >= 0.3 is 6.18 Å². The minimum atomic E-state index is -4.55. The van der Waals surface area contributed by atoms with Crippen molar-refractivity contribution in [2.75, 3.05) is 33.2 Å². The van der Waals surface area contributed by atoms with Crippen LogP contribution in [0.1, 0.15) is 25.7 Å². The van der Waals surface area contributed by atoms with Crippen LogP contribution < -0.4 is 0 Å². The van der Waals surface area contributed by atoms with E-state index in [1.54, 1.807) is 11.9 Å². The van der Waals surface area contributed by atoms with E-state index < -0.39 is 18.2 Å². The maximum Gasteiger partial charge on any atom is 0.414 e. The van der Waals surface area contributed by atoms with E-state index in [1.807, 2.05) is 4.90 Å². The van der Waals surface area contributed by atoms with Gasteiger partial charge in [0, 0.05) is 13.6 Å². The number of halogens is 3. The first-order valence-electron chi connectivity index (χ1n) is 7.48. The fourth-order valence-electron chi connectivity index (χ4n) is 2.80. The van der Waals surface area contributed by atoms with Crippen LogP contribution in [0.4, 0.5) is 13.2 Å². The summed E-state index contributed by atoms with van der Waals surface area (Å²) in [5.74, 6) is -0.0936. The second kappa shape index (κ2) is 6.52. The molecule has 2 fully saturated rings. The van der Waals surface area contributed by atoms with Crippen molar-refractivity contribution >= 4 is 5.91 Å². The third-order valence-electron chi connectivity index (χ3n) is 4.43. The summed E-state index contributed by atoms with van der Waals surface area (Å²) in [5, 5.41) is 9.25. The third-order valence-corrected chi connectivity index (χ3v) is 4.43. The fraction of sp³-hybridized carbons (Fsp3) is 0.929. The van der Waals surface area contributed by atoms with Crippen LogP contribution in [0, 0.1) is 11.8 Å². The third kappa shape index (κ3) is 4.85. The van der Waals surface area contributed by atoms with E-state index in [0.29, 0.717) is 19.0 Å². The van der Waals surface area contributed by atoms with E-state index >= 15 is 0 Å². The zero-order chi connectivity index (χ0) is 15.6. The van der Waals surface area contributed by atoms with Gasteiger partial charge in [0.25, 0.3) is 0 Å². The zero-order valence-electron chi connectivity index (χ0n) is 12.3. The molecular weight excluding hydrogens is 285 g/mol. The van der Waals surface area contributed by atoms with Gasteiger partial charge in [-0.3, -0.25) is 9.69 Å². The second-order valence-corrected chi connectivity index (χ2v) is 6.32. The van der Waals surface area contributed by atoms with Crippen molar-refractivity contribution in [3.05, 3.63) is 0 Å². The number of piperidine rings is 1. The van der Waals surface area contributed by atoms with E-state index in [4.69, 9.17) is 0 Å². The van der Waals surface area contributed by atoms with Crippen LogP contribution in [0.2, 0.25) is 0 Å². The number of hydrogen-bond acceptors (Lipinski definition) is 3. The summed E-state index contributed by atoms with van der Waals surface area (Å²) in [5.41, 5.74) is 0. The van der Waals surface area contributed by atoms with Gasteiger partial charge in [-0.15, -0.1) is 0 Å². The first-order chi connectivity index (χ1) is 9.77. The minimum absolute atomic E-state index is 0.0247. The number of alkyl halides is 3. The molecule has 1 aliphatic carbocycles. The molecule has 0 aromatic rings. The van der Waals surface area contributed by atoms with Crippen molar-refractivity contribution in [1.29, 1.82) is 0 Å². The Bertz CT molecular complexity index is 364. The topological polar surface area (TPSA) is 43.8 Å². The van der Waals surface area contributed by atoms with Crippen molar-refractivity contribution in [3.8, 4) is 0 Å². The lowest BCUT2D eigenvalue weighted by atomic mass is 9.91. The quantitative estimate of drug-likeness (QED) is 0.837. The highest BCUT2D eigenvalue weighted by atomic mass is 19.4. The maximum atomic E-state index is 12.4. The van der Waals surface area contributed by atoms with Crippen molar-refractivity contribution in [3.63, 3.8) is 0 Å². The highest BCUT2D eigenvalue weighted by Crippen LogP contribution is 2.32. The van der Waals surface area contributed by atoms with Gasteiger partial charge in [0.1, 0.15) is 0 Å². The summed E-state index contributed by atoms with van der Waals surface area (Å²) < 4.78 is 37.3. The summed E-state index contributed by atoms with van der Waals surface area (Å²) in [6.45, 7) is 1.90. The van der Waals surface area contributed by atoms with Crippen LogP contribution in [0.5, 0.6) is 0 Å². The van der Waals surface area contributed by atoms with Crippen LogP contribution in [0.3, 0.4) is 0 Å². The van der Waals surface area contributed by atoms with Gasteiger partial charge in [-0.1, -0.05) is 0 Å². The van der Waals surface area contributed by atoms with Crippen LogP contribution in [-0.2, 0) is 4.79 Å². The standard InChI is InChI=1S/C14H23F3N2O2/c1-18(8-10-2-3-10)12(20)9-19-6-4-11(5-7-19)13(21)14(15,16)17/h10-11,13,21H,2-9H2,1H3. The van der Waals surface area contributed by atoms with Crippen LogP contribution in [0.25, 0.3) is 0 Å². The average Bonchev–Trinajstić information content (AvgIpc) is 3.21. The van der Waals surface area contributed by atoms with Crippen LogP contribution in [0.15, 0.2) is 0 Å². The average molecular weight is 308 g/mol. The maximum absolute atomic E-state index is 12.4. The van der Waals surface area contributed by atoms with E-state index in [0.717, 1.165) is 6.54 Å². The fourth-order valence-corrected chi connectivity index (χ4v) is 2.80. The van der Waals surface area contributed by atoms with Crippen molar-refractivity contribution in [2.45, 2.75) is 38.0 Å². The molecule has 1 saturated carbocycles. The number of nitrogens with zero attached hydrogens (tertiary/aromatic N) is 2. The molecule has 0 bridgehead atoms. The lowest BCUT2D eigenvalue weighted by Gasteiger charge is -2.35. The van der Waals surface area contributed by atoms with Crippen molar-refractivity contribution in [2.24, 2.45) is 11.8 Å². The Morgan fingerprint density at radius 2 is 1.86 bits per heavy atom. The van der Waals surface area contributed by atoms with Gasteiger partial charge in [0.05, 0.1) is 6.54 Å².